The molecule has 4 atom stereocenters. The van der Waals surface area contributed by atoms with E-state index in [0.717, 1.165) is 54.7 Å². The Balaban J connectivity index is 1.74. The highest BCUT2D eigenvalue weighted by atomic mass is 16.6. The summed E-state index contributed by atoms with van der Waals surface area (Å²) in [5, 5.41) is 18.6. The van der Waals surface area contributed by atoms with Crippen LogP contribution in [0.3, 0.4) is 0 Å². The molecule has 8 rings (SSSR count). The molecule has 7 nitrogen and oxygen atoms in total. The number of methoxy groups -OCH3 is 1. The highest BCUT2D eigenvalue weighted by Gasteiger charge is 2.51. The van der Waals surface area contributed by atoms with Crippen LogP contribution in [0.4, 0.5) is 0 Å². The summed E-state index contributed by atoms with van der Waals surface area (Å²) in [4.78, 5) is 13.2. The number of hydrogen-bond acceptors (Lipinski definition) is 4. The zero-order valence-corrected chi connectivity index (χ0v) is 18.8. The van der Waals surface area contributed by atoms with Gasteiger partial charge in [-0.1, -0.05) is 36.4 Å². The van der Waals surface area contributed by atoms with E-state index in [1.165, 1.54) is 0 Å². The van der Waals surface area contributed by atoms with E-state index in [9.17, 15) is 9.90 Å². The molecule has 3 aliphatic rings. The molecule has 4 unspecified atom stereocenters. The van der Waals surface area contributed by atoms with Crippen LogP contribution in [-0.4, -0.2) is 39.5 Å². The molecule has 5 aromatic rings. The van der Waals surface area contributed by atoms with E-state index in [2.05, 4.69) is 39.6 Å². The van der Waals surface area contributed by atoms with Crippen LogP contribution in [0.15, 0.2) is 48.5 Å². The number of carbonyl (C=O) groups is 1. The third-order valence-electron chi connectivity index (χ3n) is 8.17. The van der Waals surface area contributed by atoms with E-state index in [0.29, 0.717) is 13.0 Å². The van der Waals surface area contributed by atoms with Gasteiger partial charge in [-0.2, -0.15) is 0 Å². The summed E-state index contributed by atoms with van der Waals surface area (Å²) < 4.78 is 17.0. The first kappa shape index (κ1) is 19.0. The molecule has 170 valence electrons. The van der Waals surface area contributed by atoms with Crippen molar-refractivity contribution in [3.05, 3.63) is 59.7 Å². The van der Waals surface area contributed by atoms with Crippen LogP contribution in [0, 0.1) is 0 Å². The minimum absolute atomic E-state index is 0.0497. The molecule has 5 heterocycles. The number of benzene rings is 3. The van der Waals surface area contributed by atoms with Gasteiger partial charge in [-0.25, -0.2) is 0 Å². The van der Waals surface area contributed by atoms with Crippen molar-refractivity contribution >= 4 is 49.5 Å². The Hall–Kier alpha value is -3.39. The average Bonchev–Trinajstić information content (AvgIpc) is 3.48. The summed E-state index contributed by atoms with van der Waals surface area (Å²) in [7, 11) is 1.65. The second kappa shape index (κ2) is 5.99. The normalized spacial score (nSPS) is 27.7. The fraction of sp³-hybridized carbons (Fsp3) is 0.296. The molecule has 1 fully saturated rings. The van der Waals surface area contributed by atoms with Crippen LogP contribution >= 0.6 is 0 Å². The largest absolute Gasteiger partial charge is 0.386 e. The van der Waals surface area contributed by atoms with Crippen LogP contribution in [0.5, 0.6) is 0 Å². The number of fused-ring (bicyclic) bond motifs is 13. The van der Waals surface area contributed by atoms with E-state index < -0.39 is 24.2 Å². The Morgan fingerprint density at radius 1 is 1.06 bits per heavy atom. The van der Waals surface area contributed by atoms with Gasteiger partial charge in [0.1, 0.15) is 11.8 Å². The van der Waals surface area contributed by atoms with E-state index in [1.54, 1.807) is 7.11 Å². The summed E-state index contributed by atoms with van der Waals surface area (Å²) >= 11 is 0. The van der Waals surface area contributed by atoms with Gasteiger partial charge < -0.3 is 29.0 Å². The van der Waals surface area contributed by atoms with Crippen LogP contribution in [0.25, 0.3) is 43.6 Å². The third kappa shape index (κ3) is 1.96. The molecule has 2 N–H and O–H groups in total. The predicted octanol–water partition coefficient (Wildman–Crippen LogP) is 4.13. The van der Waals surface area contributed by atoms with E-state index in [-0.39, 0.29) is 5.91 Å². The Morgan fingerprint density at radius 2 is 1.76 bits per heavy atom. The molecule has 34 heavy (non-hydrogen) atoms. The van der Waals surface area contributed by atoms with Gasteiger partial charge in [0.2, 0.25) is 0 Å². The Morgan fingerprint density at radius 3 is 2.53 bits per heavy atom. The first-order valence-electron chi connectivity index (χ1n) is 11.7. The molecule has 0 radical (unpaired) electrons. The number of carbonyl (C=O) groups excluding carboxylic acids is 1. The van der Waals surface area contributed by atoms with Crippen LogP contribution in [0.2, 0.25) is 0 Å². The second-order valence-corrected chi connectivity index (χ2v) is 9.88. The van der Waals surface area contributed by atoms with Crippen molar-refractivity contribution in [3.8, 4) is 0 Å². The molecule has 0 aliphatic carbocycles. The monoisotopic (exact) mass is 453 g/mol. The van der Waals surface area contributed by atoms with Gasteiger partial charge in [0.15, 0.2) is 6.23 Å². The van der Waals surface area contributed by atoms with E-state index >= 15 is 0 Å². The molecule has 3 aromatic carbocycles. The van der Waals surface area contributed by atoms with E-state index in [1.807, 2.05) is 30.3 Å². The van der Waals surface area contributed by atoms with Gasteiger partial charge in [-0.15, -0.1) is 0 Å². The number of amides is 1. The third-order valence-corrected chi connectivity index (χ3v) is 8.17. The molecule has 2 aromatic heterocycles. The number of para-hydroxylation sites is 2. The maximum atomic E-state index is 13.2. The van der Waals surface area contributed by atoms with Crippen molar-refractivity contribution in [1.82, 2.24) is 14.5 Å². The first-order chi connectivity index (χ1) is 16.5. The molecule has 3 aliphatic heterocycles. The lowest BCUT2D eigenvalue weighted by atomic mass is 9.96. The Labute approximate surface area is 194 Å². The number of hydrogen-bond donors (Lipinski definition) is 2. The SMILES string of the molecule is COC1CC2(C)OC(C1O)n1c3ccccc3c3c4c(c5c6ccccc6n2c5c31)CNC4=O. The number of aliphatic hydroxyl groups excluding tert-OH is 1. The summed E-state index contributed by atoms with van der Waals surface area (Å²) in [5.41, 5.74) is 5.01. The van der Waals surface area contributed by atoms with Crippen LogP contribution < -0.4 is 5.32 Å². The molecule has 1 amide bonds. The summed E-state index contributed by atoms with van der Waals surface area (Å²) in [6.45, 7) is 2.58. The smallest absolute Gasteiger partial charge is 0.252 e. The predicted molar refractivity (Wildman–Crippen MR) is 129 cm³/mol. The van der Waals surface area contributed by atoms with Crippen molar-refractivity contribution in [3.63, 3.8) is 0 Å². The highest BCUT2D eigenvalue weighted by molar-refractivity contribution is 6.31. The van der Waals surface area contributed by atoms with Crippen molar-refractivity contribution in [2.45, 2.75) is 44.1 Å². The number of ether oxygens (including phenoxy) is 2. The lowest BCUT2D eigenvalue weighted by molar-refractivity contribution is -0.265. The lowest BCUT2D eigenvalue weighted by Crippen LogP contribution is -2.51. The van der Waals surface area contributed by atoms with Crippen molar-refractivity contribution < 1.29 is 19.4 Å². The fourth-order valence-electron chi connectivity index (χ4n) is 6.86. The first-order valence-corrected chi connectivity index (χ1v) is 11.7. The number of aliphatic hydroxyl groups is 1. The molecule has 7 heteroatoms. The van der Waals surface area contributed by atoms with Crippen molar-refractivity contribution in [2.75, 3.05) is 7.11 Å². The van der Waals surface area contributed by atoms with Gasteiger partial charge in [-0.05, 0) is 24.6 Å². The highest BCUT2D eigenvalue weighted by Crippen LogP contribution is 2.53. The van der Waals surface area contributed by atoms with Gasteiger partial charge in [0, 0.05) is 41.6 Å². The molecule has 0 spiro atoms. The molecule has 2 bridgehead atoms. The minimum atomic E-state index is -0.856. The molecular formula is C27H23N3O4. The van der Waals surface area contributed by atoms with Gasteiger partial charge in [-0.3, -0.25) is 4.79 Å². The Kier molecular flexibility index (Phi) is 3.34. The van der Waals surface area contributed by atoms with E-state index in [4.69, 9.17) is 9.47 Å². The van der Waals surface area contributed by atoms with Crippen LogP contribution in [-0.2, 0) is 21.7 Å². The maximum Gasteiger partial charge on any atom is 0.252 e. The molecular weight excluding hydrogens is 430 g/mol. The quantitative estimate of drug-likeness (QED) is 0.400. The topological polar surface area (TPSA) is 77.7 Å². The van der Waals surface area contributed by atoms with Crippen molar-refractivity contribution in [1.29, 1.82) is 0 Å². The minimum Gasteiger partial charge on any atom is -0.386 e. The zero-order chi connectivity index (χ0) is 22.9. The van der Waals surface area contributed by atoms with Gasteiger partial charge in [0.05, 0.1) is 33.7 Å². The standard InChI is InChI=1S/C27H23N3O4/c1-27-11-18(33-2)24(31)26(34-27)29-16-9-5-3-7-13(16)20-21-15(12-28-25(21)32)19-14-8-4-6-10-17(14)30(27)23(19)22(20)29/h3-10,18,24,26,31H,11-12H2,1-2H3,(H,28,32). The summed E-state index contributed by atoms with van der Waals surface area (Å²) in [6, 6.07) is 16.4. The fourth-order valence-corrected chi connectivity index (χ4v) is 6.86. The zero-order valence-electron chi connectivity index (χ0n) is 18.8. The summed E-state index contributed by atoms with van der Waals surface area (Å²) in [6.07, 6.45) is -1.41. The lowest BCUT2D eigenvalue weighted by Gasteiger charge is -2.45. The second-order valence-electron chi connectivity index (χ2n) is 9.88. The number of nitrogens with zero attached hydrogens (tertiary/aromatic N) is 2. The summed E-state index contributed by atoms with van der Waals surface area (Å²) in [5.74, 6) is -0.0497. The number of aromatic nitrogens is 2. The maximum absolute atomic E-state index is 13.2. The van der Waals surface area contributed by atoms with Gasteiger partial charge >= 0.3 is 0 Å². The van der Waals surface area contributed by atoms with Crippen LogP contribution in [0.1, 0.15) is 35.5 Å². The van der Waals surface area contributed by atoms with Crippen molar-refractivity contribution in [2.24, 2.45) is 0 Å². The number of nitrogens with one attached hydrogen (secondary N) is 1. The average molecular weight is 453 g/mol. The number of rotatable bonds is 1. The van der Waals surface area contributed by atoms with Gasteiger partial charge in [0.25, 0.3) is 5.91 Å². The molecule has 0 saturated carbocycles. The molecule has 1 saturated heterocycles. The Bertz CT molecular complexity index is 1730.